The van der Waals surface area contributed by atoms with E-state index in [0.29, 0.717) is 5.82 Å². The molecule has 14 heavy (non-hydrogen) atoms. The lowest BCUT2D eigenvalue weighted by Gasteiger charge is -2.21. The highest BCUT2D eigenvalue weighted by atomic mass is 15.1. The number of fused-ring (bicyclic) bond motifs is 1. The molecule has 0 aliphatic heterocycles. The minimum atomic E-state index is 0.0164. The molecule has 0 aliphatic rings. The minimum absolute atomic E-state index is 0.0164. The van der Waals surface area contributed by atoms with Crippen LogP contribution in [0, 0.1) is 0 Å². The molecule has 2 heterocycles. The standard InChI is InChI=1S/C10H14N4/c1-10(2,3)14-5-4-7-8(11)12-6-13-9(7)14/h4-6H,1-3H3,(H2,11,12,13). The number of nitrogens with zero attached hydrogens (tertiary/aromatic N) is 3. The Bertz CT molecular complexity index is 464. The second-order valence-corrected chi connectivity index (χ2v) is 4.35. The van der Waals surface area contributed by atoms with Crippen molar-refractivity contribution in [3.8, 4) is 0 Å². The van der Waals surface area contributed by atoms with Gasteiger partial charge in [0.25, 0.3) is 0 Å². The predicted molar refractivity (Wildman–Crippen MR) is 56.9 cm³/mol. The van der Waals surface area contributed by atoms with E-state index in [4.69, 9.17) is 5.73 Å². The summed E-state index contributed by atoms with van der Waals surface area (Å²) in [5.74, 6) is 0.540. The molecule has 0 spiro atoms. The molecule has 0 amide bonds. The fourth-order valence-corrected chi connectivity index (χ4v) is 1.51. The topological polar surface area (TPSA) is 56.7 Å². The Morgan fingerprint density at radius 1 is 1.29 bits per heavy atom. The number of aromatic nitrogens is 3. The highest BCUT2D eigenvalue weighted by Gasteiger charge is 2.16. The smallest absolute Gasteiger partial charge is 0.145 e. The van der Waals surface area contributed by atoms with Gasteiger partial charge in [-0.1, -0.05) is 0 Å². The maximum atomic E-state index is 5.75. The lowest BCUT2D eigenvalue weighted by molar-refractivity contribution is 0.408. The highest BCUT2D eigenvalue weighted by molar-refractivity contribution is 5.86. The Labute approximate surface area is 82.8 Å². The lowest BCUT2D eigenvalue weighted by atomic mass is 10.1. The summed E-state index contributed by atoms with van der Waals surface area (Å²) in [5, 5.41) is 0.919. The largest absolute Gasteiger partial charge is 0.383 e. The van der Waals surface area contributed by atoms with Gasteiger partial charge < -0.3 is 10.3 Å². The summed E-state index contributed by atoms with van der Waals surface area (Å²) in [7, 11) is 0. The quantitative estimate of drug-likeness (QED) is 0.688. The van der Waals surface area contributed by atoms with Gasteiger partial charge in [0.1, 0.15) is 17.8 Å². The van der Waals surface area contributed by atoms with Crippen LogP contribution >= 0.6 is 0 Å². The first-order chi connectivity index (χ1) is 6.50. The Hall–Kier alpha value is -1.58. The first-order valence-corrected chi connectivity index (χ1v) is 4.58. The molecule has 2 aromatic rings. The molecule has 0 unspecified atom stereocenters. The molecule has 2 aromatic heterocycles. The third-order valence-corrected chi connectivity index (χ3v) is 2.23. The summed E-state index contributed by atoms with van der Waals surface area (Å²) < 4.78 is 2.10. The van der Waals surface area contributed by atoms with Crippen molar-refractivity contribution in [2.24, 2.45) is 0 Å². The van der Waals surface area contributed by atoms with Crippen LogP contribution in [0.2, 0.25) is 0 Å². The highest BCUT2D eigenvalue weighted by Crippen LogP contribution is 2.24. The predicted octanol–water partition coefficient (Wildman–Crippen LogP) is 1.77. The molecule has 0 saturated heterocycles. The van der Waals surface area contributed by atoms with E-state index in [0.717, 1.165) is 11.0 Å². The van der Waals surface area contributed by atoms with Crippen LogP contribution in [0.25, 0.3) is 11.0 Å². The van der Waals surface area contributed by atoms with E-state index in [-0.39, 0.29) is 5.54 Å². The Morgan fingerprint density at radius 3 is 2.64 bits per heavy atom. The van der Waals surface area contributed by atoms with Gasteiger partial charge >= 0.3 is 0 Å². The van der Waals surface area contributed by atoms with Gasteiger partial charge in [-0.05, 0) is 26.8 Å². The number of rotatable bonds is 0. The van der Waals surface area contributed by atoms with Gasteiger partial charge in [-0.2, -0.15) is 0 Å². The van der Waals surface area contributed by atoms with E-state index in [1.165, 1.54) is 6.33 Å². The second-order valence-electron chi connectivity index (χ2n) is 4.35. The molecule has 2 N–H and O–H groups in total. The van der Waals surface area contributed by atoms with Gasteiger partial charge in [-0.15, -0.1) is 0 Å². The monoisotopic (exact) mass is 190 g/mol. The van der Waals surface area contributed by atoms with Crippen molar-refractivity contribution < 1.29 is 0 Å². The van der Waals surface area contributed by atoms with Gasteiger partial charge in [0.05, 0.1) is 5.39 Å². The second kappa shape index (κ2) is 2.70. The molecule has 4 nitrogen and oxygen atoms in total. The van der Waals surface area contributed by atoms with Crippen LogP contribution in [0.3, 0.4) is 0 Å². The Balaban J connectivity index is 2.76. The number of hydrogen-bond acceptors (Lipinski definition) is 3. The third kappa shape index (κ3) is 1.23. The van der Waals surface area contributed by atoms with Gasteiger partial charge in [-0.25, -0.2) is 9.97 Å². The SMILES string of the molecule is CC(C)(C)n1ccc2c(N)ncnc21. The molecule has 0 bridgehead atoms. The first kappa shape index (κ1) is 8.99. The zero-order valence-corrected chi connectivity index (χ0v) is 8.65. The van der Waals surface area contributed by atoms with E-state index < -0.39 is 0 Å². The molecule has 0 atom stereocenters. The van der Waals surface area contributed by atoms with Crippen LogP contribution < -0.4 is 5.73 Å². The van der Waals surface area contributed by atoms with Crippen molar-refractivity contribution in [3.63, 3.8) is 0 Å². The fraction of sp³-hybridized carbons (Fsp3) is 0.400. The Morgan fingerprint density at radius 2 is 2.00 bits per heavy atom. The van der Waals surface area contributed by atoms with E-state index in [1.54, 1.807) is 0 Å². The summed E-state index contributed by atoms with van der Waals surface area (Å²) in [5.41, 5.74) is 6.66. The minimum Gasteiger partial charge on any atom is -0.383 e. The molecule has 0 radical (unpaired) electrons. The van der Waals surface area contributed by atoms with Crippen molar-refractivity contribution in [2.45, 2.75) is 26.3 Å². The van der Waals surface area contributed by atoms with Crippen LogP contribution in [-0.2, 0) is 5.54 Å². The van der Waals surface area contributed by atoms with Crippen LogP contribution in [0.15, 0.2) is 18.6 Å². The van der Waals surface area contributed by atoms with Crippen molar-refractivity contribution in [3.05, 3.63) is 18.6 Å². The van der Waals surface area contributed by atoms with Gasteiger partial charge in [0, 0.05) is 11.7 Å². The molecule has 0 aliphatic carbocycles. The summed E-state index contributed by atoms with van der Waals surface area (Å²) >= 11 is 0. The number of anilines is 1. The maximum absolute atomic E-state index is 5.75. The van der Waals surface area contributed by atoms with Crippen LogP contribution in [0.1, 0.15) is 20.8 Å². The van der Waals surface area contributed by atoms with Crippen LogP contribution in [0.4, 0.5) is 5.82 Å². The molecular weight excluding hydrogens is 176 g/mol. The average molecular weight is 190 g/mol. The summed E-state index contributed by atoms with van der Waals surface area (Å²) in [4.78, 5) is 8.20. The first-order valence-electron chi connectivity index (χ1n) is 4.58. The van der Waals surface area contributed by atoms with E-state index in [9.17, 15) is 0 Å². The number of nitrogen functional groups attached to an aromatic ring is 1. The molecule has 0 aromatic carbocycles. The van der Waals surface area contributed by atoms with Gasteiger partial charge in [0.2, 0.25) is 0 Å². The molecular formula is C10H14N4. The molecule has 0 fully saturated rings. The van der Waals surface area contributed by atoms with Crippen LogP contribution in [-0.4, -0.2) is 14.5 Å². The maximum Gasteiger partial charge on any atom is 0.145 e. The van der Waals surface area contributed by atoms with Gasteiger partial charge in [0.15, 0.2) is 0 Å². The summed E-state index contributed by atoms with van der Waals surface area (Å²) in [6, 6.07) is 1.95. The van der Waals surface area contributed by atoms with Crippen molar-refractivity contribution in [1.29, 1.82) is 0 Å². The van der Waals surface area contributed by atoms with Crippen molar-refractivity contribution in [1.82, 2.24) is 14.5 Å². The molecule has 4 heteroatoms. The molecule has 2 rings (SSSR count). The summed E-state index contributed by atoms with van der Waals surface area (Å²) in [6.45, 7) is 6.39. The molecule has 74 valence electrons. The average Bonchev–Trinajstić information content (AvgIpc) is 2.47. The number of hydrogen-bond donors (Lipinski definition) is 1. The Kier molecular flexibility index (Phi) is 1.74. The zero-order chi connectivity index (χ0) is 10.3. The summed E-state index contributed by atoms with van der Waals surface area (Å²) in [6.07, 6.45) is 3.50. The van der Waals surface area contributed by atoms with Gasteiger partial charge in [-0.3, -0.25) is 0 Å². The third-order valence-electron chi connectivity index (χ3n) is 2.23. The van der Waals surface area contributed by atoms with E-state index >= 15 is 0 Å². The van der Waals surface area contributed by atoms with E-state index in [1.807, 2.05) is 12.3 Å². The number of nitrogens with two attached hydrogens (primary N) is 1. The van der Waals surface area contributed by atoms with Crippen LogP contribution in [0.5, 0.6) is 0 Å². The normalized spacial score (nSPS) is 12.2. The molecule has 0 saturated carbocycles. The zero-order valence-electron chi connectivity index (χ0n) is 8.65. The van der Waals surface area contributed by atoms with Crippen molar-refractivity contribution in [2.75, 3.05) is 5.73 Å². The fourth-order valence-electron chi connectivity index (χ4n) is 1.51. The van der Waals surface area contributed by atoms with Crippen molar-refractivity contribution >= 4 is 16.9 Å². The lowest BCUT2D eigenvalue weighted by Crippen LogP contribution is -2.20. The van der Waals surface area contributed by atoms with E-state index in [2.05, 4.69) is 35.3 Å².